The molecule has 5 rings (SSSR count). The van der Waals surface area contributed by atoms with Crippen molar-refractivity contribution in [1.82, 2.24) is 14.9 Å². The van der Waals surface area contributed by atoms with Gasteiger partial charge >= 0.3 is 0 Å². The SMILES string of the molecule is COc1ccc(-n2c(C)cc([C@@H]3[C@@H](c4ccccn4)NC(=S)N3c3ccc(OC)c(Cl)c3)c2C)c([N+](=O)[O-])c1. The zero-order valence-corrected chi connectivity index (χ0v) is 23.3. The minimum atomic E-state index is -0.398. The van der Waals surface area contributed by atoms with Crippen LogP contribution >= 0.6 is 23.8 Å². The van der Waals surface area contributed by atoms with Gasteiger partial charge in [0.05, 0.1) is 48.0 Å². The fourth-order valence-electron chi connectivity index (χ4n) is 5.18. The number of methoxy groups -OCH3 is 2. The molecule has 1 aliphatic heterocycles. The second kappa shape index (κ2) is 10.5. The number of aryl methyl sites for hydroxylation is 1. The lowest BCUT2D eigenvalue weighted by Gasteiger charge is -2.28. The van der Waals surface area contributed by atoms with Gasteiger partial charge in [-0.3, -0.25) is 15.1 Å². The van der Waals surface area contributed by atoms with Gasteiger partial charge in [-0.2, -0.15) is 0 Å². The Labute approximate surface area is 236 Å². The Morgan fingerprint density at radius 1 is 1.08 bits per heavy atom. The van der Waals surface area contributed by atoms with Gasteiger partial charge in [0.25, 0.3) is 5.69 Å². The van der Waals surface area contributed by atoms with Crippen molar-refractivity contribution in [3.63, 3.8) is 0 Å². The Kier molecular flexibility index (Phi) is 7.16. The number of rotatable bonds is 7. The molecule has 1 N–H and O–H groups in total. The maximum atomic E-state index is 12.0. The molecule has 0 radical (unpaired) electrons. The topological polar surface area (TPSA) is 94.7 Å². The number of hydrogen-bond acceptors (Lipinski definition) is 6. The number of thiocarbonyl (C=S) groups is 1. The van der Waals surface area contributed by atoms with Gasteiger partial charge in [0.1, 0.15) is 17.2 Å². The van der Waals surface area contributed by atoms with Crippen LogP contribution in [-0.4, -0.2) is 33.8 Å². The highest BCUT2D eigenvalue weighted by Crippen LogP contribution is 2.45. The largest absolute Gasteiger partial charge is 0.496 e. The van der Waals surface area contributed by atoms with Gasteiger partial charge in [-0.1, -0.05) is 17.7 Å². The summed E-state index contributed by atoms with van der Waals surface area (Å²) in [6.07, 6.45) is 1.74. The first-order valence-electron chi connectivity index (χ1n) is 12.1. The van der Waals surface area contributed by atoms with Crippen LogP contribution in [0.1, 0.15) is 34.7 Å². The molecule has 0 amide bonds. The zero-order valence-electron chi connectivity index (χ0n) is 21.7. The Balaban J connectivity index is 1.70. The van der Waals surface area contributed by atoms with Gasteiger partial charge in [0, 0.05) is 23.3 Å². The van der Waals surface area contributed by atoms with Crippen molar-refractivity contribution >= 4 is 40.3 Å². The number of nitro groups is 1. The van der Waals surface area contributed by atoms with E-state index in [0.717, 1.165) is 28.3 Å². The van der Waals surface area contributed by atoms with Crippen LogP contribution in [0.15, 0.2) is 66.9 Å². The summed E-state index contributed by atoms with van der Waals surface area (Å²) in [6, 6.07) is 17.5. The predicted molar refractivity (Wildman–Crippen MR) is 154 cm³/mol. The molecule has 2 aromatic heterocycles. The number of aromatic nitrogens is 2. The fraction of sp³-hybridized carbons (Fsp3) is 0.214. The van der Waals surface area contributed by atoms with E-state index in [4.69, 9.17) is 33.3 Å². The summed E-state index contributed by atoms with van der Waals surface area (Å²) in [7, 11) is 3.05. The van der Waals surface area contributed by atoms with Crippen molar-refractivity contribution < 1.29 is 14.4 Å². The van der Waals surface area contributed by atoms with Crippen molar-refractivity contribution in [2.75, 3.05) is 19.1 Å². The molecule has 9 nitrogen and oxygen atoms in total. The molecule has 4 aromatic rings. The molecule has 0 saturated carbocycles. The first-order valence-corrected chi connectivity index (χ1v) is 12.9. The van der Waals surface area contributed by atoms with Crippen LogP contribution in [0, 0.1) is 24.0 Å². The van der Waals surface area contributed by atoms with Crippen LogP contribution in [-0.2, 0) is 0 Å². The van der Waals surface area contributed by atoms with E-state index in [2.05, 4.69) is 10.3 Å². The predicted octanol–water partition coefficient (Wildman–Crippen LogP) is 6.25. The molecule has 1 aliphatic rings. The summed E-state index contributed by atoms with van der Waals surface area (Å²) >= 11 is 12.4. The maximum Gasteiger partial charge on any atom is 0.296 e. The Hall–Kier alpha value is -4.15. The summed E-state index contributed by atoms with van der Waals surface area (Å²) in [6.45, 7) is 3.88. The van der Waals surface area contributed by atoms with Crippen LogP contribution in [0.2, 0.25) is 5.02 Å². The molecular formula is C28H26ClN5O4S. The number of benzene rings is 2. The highest BCUT2D eigenvalue weighted by Gasteiger charge is 2.42. The fourth-order valence-corrected chi connectivity index (χ4v) is 5.78. The molecule has 0 aliphatic carbocycles. The summed E-state index contributed by atoms with van der Waals surface area (Å²) in [5, 5.41) is 16.4. The average Bonchev–Trinajstić information content (AvgIpc) is 3.43. The molecule has 0 bridgehead atoms. The average molecular weight is 564 g/mol. The number of halogens is 1. The summed E-state index contributed by atoms with van der Waals surface area (Å²) in [5.41, 5.74) is 4.59. The molecule has 39 heavy (non-hydrogen) atoms. The first-order chi connectivity index (χ1) is 18.7. The lowest BCUT2D eigenvalue weighted by atomic mass is 9.96. The number of nitro benzene ring substituents is 1. The quantitative estimate of drug-likeness (QED) is 0.160. The van der Waals surface area contributed by atoms with Crippen molar-refractivity contribution in [3.05, 3.63) is 105 Å². The van der Waals surface area contributed by atoms with Crippen molar-refractivity contribution in [3.8, 4) is 17.2 Å². The lowest BCUT2D eigenvalue weighted by molar-refractivity contribution is -0.384. The highest BCUT2D eigenvalue weighted by atomic mass is 35.5. The number of hydrogen-bond donors (Lipinski definition) is 1. The molecule has 1 fully saturated rings. The normalized spacial score (nSPS) is 16.7. The lowest BCUT2D eigenvalue weighted by Crippen LogP contribution is -2.29. The standard InChI is InChI=1S/C28H26ClN5O4S/c1-16-13-20(17(2)32(16)23-10-9-19(37-3)15-24(23)34(35)36)27-26(22-7-5-6-12-30-22)31-28(39)33(27)18-8-11-25(38-4)21(29)14-18/h5-15,26-27H,1-4H3,(H,31,39)/t26-,27-/m1/s1. The molecule has 11 heteroatoms. The van der Waals surface area contributed by atoms with Gasteiger partial charge in [0.2, 0.25) is 0 Å². The third-order valence-electron chi connectivity index (χ3n) is 6.92. The second-order valence-electron chi connectivity index (χ2n) is 9.09. The molecule has 3 heterocycles. The molecule has 200 valence electrons. The summed E-state index contributed by atoms with van der Waals surface area (Å²) < 4.78 is 12.5. The summed E-state index contributed by atoms with van der Waals surface area (Å²) in [4.78, 5) is 18.2. The first kappa shape index (κ1) is 26.5. The molecular weight excluding hydrogens is 538 g/mol. The van der Waals surface area contributed by atoms with Gasteiger partial charge in [-0.25, -0.2) is 0 Å². The number of anilines is 1. The van der Waals surface area contributed by atoms with E-state index in [1.165, 1.54) is 13.2 Å². The van der Waals surface area contributed by atoms with E-state index in [0.29, 0.717) is 27.3 Å². The third-order valence-corrected chi connectivity index (χ3v) is 7.53. The van der Waals surface area contributed by atoms with Gasteiger partial charge in [-0.05, 0) is 80.2 Å². The van der Waals surface area contributed by atoms with Crippen molar-refractivity contribution in [1.29, 1.82) is 0 Å². The van der Waals surface area contributed by atoms with E-state index in [-0.39, 0.29) is 17.8 Å². The van der Waals surface area contributed by atoms with Crippen LogP contribution in [0.4, 0.5) is 11.4 Å². The van der Waals surface area contributed by atoms with Crippen LogP contribution < -0.4 is 19.7 Å². The van der Waals surface area contributed by atoms with E-state index in [1.807, 2.05) is 59.7 Å². The van der Waals surface area contributed by atoms with Crippen LogP contribution in [0.25, 0.3) is 5.69 Å². The second-order valence-corrected chi connectivity index (χ2v) is 9.88. The highest BCUT2D eigenvalue weighted by molar-refractivity contribution is 7.80. The Morgan fingerprint density at radius 3 is 2.51 bits per heavy atom. The molecule has 2 atom stereocenters. The van der Waals surface area contributed by atoms with Gasteiger partial charge < -0.3 is 24.3 Å². The Morgan fingerprint density at radius 2 is 1.87 bits per heavy atom. The number of nitrogens with zero attached hydrogens (tertiary/aromatic N) is 4. The van der Waals surface area contributed by atoms with E-state index >= 15 is 0 Å². The van der Waals surface area contributed by atoms with E-state index in [9.17, 15) is 10.1 Å². The maximum absolute atomic E-state index is 12.0. The van der Waals surface area contributed by atoms with Crippen LogP contribution in [0.5, 0.6) is 11.5 Å². The molecule has 0 unspecified atom stereocenters. The summed E-state index contributed by atoms with van der Waals surface area (Å²) in [5.74, 6) is 0.970. The third kappa shape index (κ3) is 4.66. The monoisotopic (exact) mass is 563 g/mol. The van der Waals surface area contributed by atoms with E-state index < -0.39 is 4.92 Å². The van der Waals surface area contributed by atoms with E-state index in [1.54, 1.807) is 31.5 Å². The van der Waals surface area contributed by atoms with Crippen LogP contribution in [0.3, 0.4) is 0 Å². The minimum absolute atomic E-state index is 0.0529. The van der Waals surface area contributed by atoms with Crippen molar-refractivity contribution in [2.45, 2.75) is 25.9 Å². The van der Waals surface area contributed by atoms with Gasteiger partial charge in [-0.15, -0.1) is 0 Å². The molecule has 1 saturated heterocycles. The number of nitrogens with one attached hydrogen (secondary N) is 1. The Bertz CT molecular complexity index is 1580. The molecule has 2 aromatic carbocycles. The number of ether oxygens (including phenoxy) is 2. The zero-order chi connectivity index (χ0) is 27.8. The minimum Gasteiger partial charge on any atom is -0.496 e. The molecule has 0 spiro atoms. The van der Waals surface area contributed by atoms with Gasteiger partial charge in [0.15, 0.2) is 5.11 Å². The van der Waals surface area contributed by atoms with Crippen molar-refractivity contribution in [2.24, 2.45) is 0 Å². The smallest absolute Gasteiger partial charge is 0.296 e. The number of pyridine rings is 1.